The molecule has 0 bridgehead atoms. The van der Waals surface area contributed by atoms with Crippen LogP contribution in [0.3, 0.4) is 0 Å². The van der Waals surface area contributed by atoms with E-state index in [0.29, 0.717) is 0 Å². The molecule has 0 amide bonds. The van der Waals surface area contributed by atoms with E-state index in [4.69, 9.17) is 10.5 Å². The fourth-order valence-electron chi connectivity index (χ4n) is 6.25. The summed E-state index contributed by atoms with van der Waals surface area (Å²) >= 11 is 0. The van der Waals surface area contributed by atoms with E-state index in [0.717, 1.165) is 25.7 Å². The monoisotopic (exact) mass is 768 g/mol. The minimum Gasteiger partial charge on any atom is -0.405 e. The van der Waals surface area contributed by atoms with E-state index in [2.05, 4.69) is 144 Å². The molecule has 310 valence electrons. The summed E-state index contributed by atoms with van der Waals surface area (Å²) in [5.41, 5.74) is 14.6. The second-order valence-electron chi connectivity index (χ2n) is 14.7. The van der Waals surface area contributed by atoms with Crippen LogP contribution in [0, 0.1) is 0 Å². The Bertz CT molecular complexity index is 1450. The Kier molecular flexibility index (Phi) is 30.9. The van der Waals surface area contributed by atoms with Crippen molar-refractivity contribution in [2.24, 2.45) is 12.8 Å². The van der Waals surface area contributed by atoms with Crippen molar-refractivity contribution in [1.29, 1.82) is 0 Å². The summed E-state index contributed by atoms with van der Waals surface area (Å²) in [7, 11) is 6.65. The Hall–Kier alpha value is -2.87. The van der Waals surface area contributed by atoms with Crippen LogP contribution < -0.4 is 10.5 Å². The van der Waals surface area contributed by atoms with Crippen molar-refractivity contribution in [1.82, 2.24) is 14.4 Å². The number of nitrogens with zero attached hydrogens (tertiary/aromatic N) is 3. The molecule has 7 heteroatoms. The lowest BCUT2D eigenvalue weighted by atomic mass is 9.83. The normalized spacial score (nSPS) is 13.0. The summed E-state index contributed by atoms with van der Waals surface area (Å²) in [6, 6.07) is 13.9. The zero-order valence-electron chi connectivity index (χ0n) is 37.8. The summed E-state index contributed by atoms with van der Waals surface area (Å²) in [5.74, 6) is 0. The fourth-order valence-corrected chi connectivity index (χ4v) is 7.36. The highest BCUT2D eigenvalue weighted by Gasteiger charge is 2.21. The lowest BCUT2D eigenvalue weighted by Gasteiger charge is -2.25. The van der Waals surface area contributed by atoms with E-state index < -0.39 is 0 Å². The first-order valence-corrected chi connectivity index (χ1v) is 22.5. The molecular formula is C47H85N5OS. The van der Waals surface area contributed by atoms with Crippen LogP contribution in [0.4, 0.5) is 5.69 Å². The van der Waals surface area contributed by atoms with E-state index in [1.54, 1.807) is 6.20 Å². The number of nitrogens with two attached hydrogens (primary N) is 1. The number of hydrogen-bond donors (Lipinski definition) is 2. The topological polar surface area (TPSA) is 66.5 Å². The summed E-state index contributed by atoms with van der Waals surface area (Å²) in [6.07, 6.45) is 16.7. The van der Waals surface area contributed by atoms with E-state index in [1.165, 1.54) is 103 Å². The van der Waals surface area contributed by atoms with Crippen LogP contribution in [0.5, 0.6) is 0 Å². The van der Waals surface area contributed by atoms with Crippen molar-refractivity contribution >= 4 is 39.4 Å². The third kappa shape index (κ3) is 19.6. The molecule has 0 spiro atoms. The van der Waals surface area contributed by atoms with Gasteiger partial charge in [0.2, 0.25) is 0 Å². The Morgan fingerprint density at radius 3 is 1.96 bits per heavy atom. The minimum absolute atomic E-state index is 0.0604. The number of fused-ring (bicyclic) bond motifs is 1. The highest BCUT2D eigenvalue weighted by atomic mass is 32.2. The Morgan fingerprint density at radius 2 is 1.54 bits per heavy atom. The molecule has 2 aromatic carbocycles. The molecule has 0 radical (unpaired) electrons. The van der Waals surface area contributed by atoms with Gasteiger partial charge in [-0.2, -0.15) is 0 Å². The largest absolute Gasteiger partial charge is 0.405 e. The van der Waals surface area contributed by atoms with Gasteiger partial charge in [0.25, 0.3) is 0 Å². The van der Waals surface area contributed by atoms with Crippen LogP contribution in [0.2, 0.25) is 0 Å². The first-order valence-electron chi connectivity index (χ1n) is 20.8. The molecular weight excluding hydrogens is 683 g/mol. The van der Waals surface area contributed by atoms with Crippen LogP contribution >= 0.6 is 10.7 Å². The number of unbranched alkanes of at least 4 members (excludes halogenated alkanes) is 1. The number of benzene rings is 2. The van der Waals surface area contributed by atoms with Crippen molar-refractivity contribution in [3.63, 3.8) is 0 Å². The standard InChI is InChI=1S/C27H38N2S.C8H19N.C5H11N.C4H9N.C2H6.CH2O/c1-9-15-30(8)28-24-18-21(27(4,5)6)17-23(22(24)11-3)25-16-20-14-12-13-19(10-2)26(20)29(25)7;1-4-6-8-9(3)7-5-2;1-6-4-2-3-5-6;1-2-3-4-5;2*1-2/h12-18,28H,9-11H2,1-8H3;4-8H2,1-3H3;2-5H2,1H3;3-4H,2,5H2,1H3;1-2H3;1H2. The number of anilines is 1. The number of nitrogens with one attached hydrogen (secondary N) is 1. The van der Waals surface area contributed by atoms with Crippen molar-refractivity contribution < 1.29 is 4.79 Å². The molecule has 1 fully saturated rings. The average Bonchev–Trinajstić information content (AvgIpc) is 3.79. The van der Waals surface area contributed by atoms with Crippen molar-refractivity contribution in [2.75, 3.05) is 51.3 Å². The van der Waals surface area contributed by atoms with Gasteiger partial charge in [0.05, 0.1) is 5.52 Å². The zero-order chi connectivity index (χ0) is 41.7. The smallest absolute Gasteiger partial charge is 0.106 e. The fraction of sp³-hybridized carbons (Fsp3) is 0.617. The van der Waals surface area contributed by atoms with Gasteiger partial charge in [-0.1, -0.05) is 107 Å². The van der Waals surface area contributed by atoms with Crippen molar-refractivity contribution in [3.05, 3.63) is 65.4 Å². The molecule has 2 heterocycles. The van der Waals surface area contributed by atoms with Gasteiger partial charge in [0, 0.05) is 29.4 Å². The van der Waals surface area contributed by atoms with Crippen LogP contribution in [0.25, 0.3) is 22.2 Å². The Balaban J connectivity index is 0. The van der Waals surface area contributed by atoms with Gasteiger partial charge >= 0.3 is 0 Å². The highest BCUT2D eigenvalue weighted by molar-refractivity contribution is 8.15. The van der Waals surface area contributed by atoms with Gasteiger partial charge < -0.3 is 29.6 Å². The molecule has 1 aromatic heterocycles. The van der Waals surface area contributed by atoms with Gasteiger partial charge in [0.1, 0.15) is 6.79 Å². The number of hydrogen-bond acceptors (Lipinski definition) is 5. The maximum atomic E-state index is 8.00. The molecule has 3 N–H and O–H groups in total. The predicted octanol–water partition coefficient (Wildman–Crippen LogP) is 12.3. The van der Waals surface area contributed by atoms with Gasteiger partial charge in [-0.3, -0.25) is 0 Å². The summed E-state index contributed by atoms with van der Waals surface area (Å²) in [6.45, 7) is 31.3. The third-order valence-corrected chi connectivity index (χ3v) is 10.5. The van der Waals surface area contributed by atoms with Gasteiger partial charge in [-0.25, -0.2) is 0 Å². The molecule has 1 aliphatic heterocycles. The van der Waals surface area contributed by atoms with Crippen LogP contribution in [-0.4, -0.2) is 73.1 Å². The van der Waals surface area contributed by atoms with Crippen LogP contribution in [0.15, 0.2) is 48.7 Å². The average molecular weight is 768 g/mol. The summed E-state index contributed by atoms with van der Waals surface area (Å²) in [5, 5.41) is 3.70. The van der Waals surface area contributed by atoms with Crippen molar-refractivity contribution in [3.8, 4) is 11.3 Å². The number of likely N-dealkylation sites (tertiary alicyclic amines) is 1. The minimum atomic E-state index is 0.0604. The maximum absolute atomic E-state index is 8.00. The molecule has 0 aliphatic carbocycles. The number of aromatic nitrogens is 1. The molecule has 1 atom stereocenters. The van der Waals surface area contributed by atoms with E-state index in [1.807, 2.05) is 33.6 Å². The SMILES string of the molecule is C=O.CC.CC/C=S(\C)Nc1cc(C(C)(C)C)cc(-c2cc3cccc(CC)c3n2C)c1CC.CCC=CN.CCCCN(C)CCC.CN1CCCC1. The van der Waals surface area contributed by atoms with Gasteiger partial charge in [-0.05, 0) is 150 Å². The van der Waals surface area contributed by atoms with Crippen LogP contribution in [-0.2, 0) is 30.1 Å². The zero-order valence-corrected chi connectivity index (χ0v) is 38.6. The quantitative estimate of drug-likeness (QED) is 0.180. The second-order valence-corrected chi connectivity index (χ2v) is 16.3. The van der Waals surface area contributed by atoms with E-state index in [9.17, 15) is 0 Å². The van der Waals surface area contributed by atoms with Gasteiger partial charge in [-0.15, -0.1) is 10.7 Å². The molecule has 6 nitrogen and oxygen atoms in total. The summed E-state index contributed by atoms with van der Waals surface area (Å²) < 4.78 is 6.23. The number of para-hydroxylation sites is 1. The molecule has 1 unspecified atom stereocenters. The lowest BCUT2D eigenvalue weighted by molar-refractivity contribution is -0.0980. The third-order valence-electron chi connectivity index (χ3n) is 9.15. The number of allylic oxidation sites excluding steroid dienone is 1. The number of rotatable bonds is 12. The van der Waals surface area contributed by atoms with Gasteiger partial charge in [0.15, 0.2) is 0 Å². The summed E-state index contributed by atoms with van der Waals surface area (Å²) in [4.78, 5) is 12.8. The lowest BCUT2D eigenvalue weighted by Crippen LogP contribution is -2.19. The molecule has 1 saturated heterocycles. The molecule has 4 rings (SSSR count). The Labute approximate surface area is 337 Å². The van der Waals surface area contributed by atoms with Crippen LogP contribution in [0.1, 0.15) is 138 Å². The predicted molar refractivity (Wildman–Crippen MR) is 251 cm³/mol. The van der Waals surface area contributed by atoms with E-state index >= 15 is 0 Å². The maximum Gasteiger partial charge on any atom is 0.106 e. The highest BCUT2D eigenvalue weighted by Crippen LogP contribution is 2.39. The first kappa shape index (κ1) is 53.2. The second kappa shape index (κ2) is 31.3. The number of carbonyl (C=O) groups is 1. The molecule has 54 heavy (non-hydrogen) atoms. The van der Waals surface area contributed by atoms with Crippen molar-refractivity contribution in [2.45, 2.75) is 139 Å². The number of carbonyl (C=O) groups excluding carboxylic acids is 1. The molecule has 3 aromatic rings. The van der Waals surface area contributed by atoms with E-state index in [-0.39, 0.29) is 16.1 Å². The number of aryl methyl sites for hydroxylation is 2. The molecule has 0 saturated carbocycles. The Morgan fingerprint density at radius 1 is 0.907 bits per heavy atom. The molecule has 1 aliphatic rings. The first-order chi connectivity index (χ1) is 25.8.